The molecule has 11 heavy (non-hydrogen) atoms. The van der Waals surface area contributed by atoms with Gasteiger partial charge in [0.2, 0.25) is 5.91 Å². The van der Waals surface area contributed by atoms with E-state index in [0.717, 1.165) is 6.42 Å². The van der Waals surface area contributed by atoms with Gasteiger partial charge in [-0.15, -0.1) is 0 Å². The second kappa shape index (κ2) is 2.21. The molecule has 3 N–H and O–H groups in total. The van der Waals surface area contributed by atoms with Crippen molar-refractivity contribution < 1.29 is 9.90 Å². The van der Waals surface area contributed by atoms with Crippen molar-refractivity contribution in [3.05, 3.63) is 0 Å². The van der Waals surface area contributed by atoms with Crippen molar-refractivity contribution in [1.82, 2.24) is 0 Å². The third-order valence-electron chi connectivity index (χ3n) is 2.45. The first-order chi connectivity index (χ1) is 4.86. The van der Waals surface area contributed by atoms with Gasteiger partial charge < -0.3 is 10.8 Å². The third kappa shape index (κ3) is 1.53. The van der Waals surface area contributed by atoms with Gasteiger partial charge in [0.15, 0.2) is 0 Å². The van der Waals surface area contributed by atoms with E-state index in [9.17, 15) is 9.90 Å². The van der Waals surface area contributed by atoms with E-state index in [4.69, 9.17) is 5.73 Å². The minimum absolute atomic E-state index is 0.0593. The number of carbonyl (C=O) groups is 1. The third-order valence-corrected chi connectivity index (χ3v) is 2.45. The SMILES string of the molecule is CC1(C)CCC(O)(C(N)=O)C1. The molecule has 1 aliphatic carbocycles. The molecule has 64 valence electrons. The zero-order chi connectivity index (χ0) is 8.70. The number of hydrogen-bond acceptors (Lipinski definition) is 2. The van der Waals surface area contributed by atoms with Crippen molar-refractivity contribution in [3.8, 4) is 0 Å². The van der Waals surface area contributed by atoms with Gasteiger partial charge in [0, 0.05) is 0 Å². The van der Waals surface area contributed by atoms with Crippen LogP contribution in [-0.2, 0) is 4.79 Å². The quantitative estimate of drug-likeness (QED) is 0.579. The zero-order valence-corrected chi connectivity index (χ0v) is 7.05. The molecular formula is C8H15NO2. The van der Waals surface area contributed by atoms with Crippen molar-refractivity contribution in [3.63, 3.8) is 0 Å². The topological polar surface area (TPSA) is 63.3 Å². The fourth-order valence-electron chi connectivity index (χ4n) is 1.72. The summed E-state index contributed by atoms with van der Waals surface area (Å²) in [6, 6.07) is 0. The molecule has 0 aromatic rings. The van der Waals surface area contributed by atoms with Crippen LogP contribution >= 0.6 is 0 Å². The average Bonchev–Trinajstić information content (AvgIpc) is 2.08. The first-order valence-corrected chi connectivity index (χ1v) is 3.88. The van der Waals surface area contributed by atoms with E-state index in [1.807, 2.05) is 13.8 Å². The Bertz CT molecular complexity index is 189. The predicted molar refractivity (Wildman–Crippen MR) is 41.8 cm³/mol. The highest BCUT2D eigenvalue weighted by molar-refractivity contribution is 5.83. The molecule has 1 fully saturated rings. The minimum atomic E-state index is -1.23. The van der Waals surface area contributed by atoms with Crippen LogP contribution in [0.4, 0.5) is 0 Å². The highest BCUT2D eigenvalue weighted by atomic mass is 16.3. The van der Waals surface area contributed by atoms with E-state index in [-0.39, 0.29) is 5.41 Å². The number of rotatable bonds is 1. The largest absolute Gasteiger partial charge is 0.380 e. The summed E-state index contributed by atoms with van der Waals surface area (Å²) in [6.07, 6.45) is 1.87. The minimum Gasteiger partial charge on any atom is -0.380 e. The maximum absolute atomic E-state index is 10.8. The van der Waals surface area contributed by atoms with Gasteiger partial charge in [0.25, 0.3) is 0 Å². The van der Waals surface area contributed by atoms with Crippen LogP contribution in [-0.4, -0.2) is 16.6 Å². The lowest BCUT2D eigenvalue weighted by Gasteiger charge is -2.21. The maximum atomic E-state index is 10.8. The first-order valence-electron chi connectivity index (χ1n) is 3.88. The molecule has 1 saturated carbocycles. The molecule has 3 heteroatoms. The Kier molecular flexibility index (Phi) is 1.71. The summed E-state index contributed by atoms with van der Waals surface area (Å²) in [5, 5.41) is 9.63. The number of primary amides is 1. The Hall–Kier alpha value is -0.570. The number of nitrogens with two attached hydrogens (primary N) is 1. The summed E-state index contributed by atoms with van der Waals surface area (Å²) in [4.78, 5) is 10.8. The van der Waals surface area contributed by atoms with E-state index in [0.29, 0.717) is 12.8 Å². The van der Waals surface area contributed by atoms with E-state index in [1.54, 1.807) is 0 Å². The second-order valence-electron chi connectivity index (χ2n) is 4.24. The number of aliphatic hydroxyl groups is 1. The summed E-state index contributed by atoms with van der Waals surface area (Å²) in [6.45, 7) is 4.07. The van der Waals surface area contributed by atoms with Gasteiger partial charge >= 0.3 is 0 Å². The van der Waals surface area contributed by atoms with Gasteiger partial charge in [-0.2, -0.15) is 0 Å². The molecule has 3 nitrogen and oxygen atoms in total. The van der Waals surface area contributed by atoms with Crippen molar-refractivity contribution in [2.24, 2.45) is 11.1 Å². The Balaban J connectivity index is 2.73. The second-order valence-corrected chi connectivity index (χ2v) is 4.24. The molecule has 0 heterocycles. The van der Waals surface area contributed by atoms with Crippen LogP contribution < -0.4 is 5.73 Å². The lowest BCUT2D eigenvalue weighted by molar-refractivity contribution is -0.136. The molecule has 0 aromatic heterocycles. The lowest BCUT2D eigenvalue weighted by Crippen LogP contribution is -2.41. The van der Waals surface area contributed by atoms with Gasteiger partial charge in [-0.05, 0) is 24.7 Å². The van der Waals surface area contributed by atoms with Crippen molar-refractivity contribution in [2.45, 2.75) is 38.7 Å². The normalized spacial score (nSPS) is 35.5. The fourth-order valence-corrected chi connectivity index (χ4v) is 1.72. The summed E-state index contributed by atoms with van der Waals surface area (Å²) in [7, 11) is 0. The molecule has 1 aliphatic rings. The molecule has 1 atom stereocenters. The molecule has 1 amide bonds. The van der Waals surface area contributed by atoms with Crippen LogP contribution in [0.15, 0.2) is 0 Å². The van der Waals surface area contributed by atoms with Crippen LogP contribution in [0.2, 0.25) is 0 Å². The Morgan fingerprint density at radius 3 is 2.18 bits per heavy atom. The van der Waals surface area contributed by atoms with Gasteiger partial charge in [-0.25, -0.2) is 0 Å². The molecule has 0 aromatic carbocycles. The number of amides is 1. The van der Waals surface area contributed by atoms with Gasteiger partial charge in [-0.3, -0.25) is 4.79 Å². The van der Waals surface area contributed by atoms with Crippen LogP contribution in [0.5, 0.6) is 0 Å². The maximum Gasteiger partial charge on any atom is 0.249 e. The monoisotopic (exact) mass is 157 g/mol. The van der Waals surface area contributed by atoms with E-state index >= 15 is 0 Å². The van der Waals surface area contributed by atoms with Crippen LogP contribution in [0.25, 0.3) is 0 Å². The van der Waals surface area contributed by atoms with Gasteiger partial charge in [0.1, 0.15) is 5.60 Å². The fraction of sp³-hybridized carbons (Fsp3) is 0.875. The molecular weight excluding hydrogens is 142 g/mol. The number of carbonyl (C=O) groups excluding carboxylic acids is 1. The molecule has 1 rings (SSSR count). The highest BCUT2D eigenvalue weighted by Crippen LogP contribution is 2.43. The average molecular weight is 157 g/mol. The highest BCUT2D eigenvalue weighted by Gasteiger charge is 2.45. The van der Waals surface area contributed by atoms with Crippen molar-refractivity contribution in [2.75, 3.05) is 0 Å². The predicted octanol–water partition coefficient (Wildman–Crippen LogP) is 0.413. The molecule has 0 spiro atoms. The Morgan fingerprint density at radius 2 is 2.00 bits per heavy atom. The van der Waals surface area contributed by atoms with Gasteiger partial charge in [-0.1, -0.05) is 13.8 Å². The van der Waals surface area contributed by atoms with Gasteiger partial charge in [0.05, 0.1) is 0 Å². The molecule has 0 bridgehead atoms. The van der Waals surface area contributed by atoms with Crippen LogP contribution in [0.3, 0.4) is 0 Å². The van der Waals surface area contributed by atoms with Crippen molar-refractivity contribution >= 4 is 5.91 Å². The van der Waals surface area contributed by atoms with E-state index in [2.05, 4.69) is 0 Å². The smallest absolute Gasteiger partial charge is 0.249 e. The number of hydrogen-bond donors (Lipinski definition) is 2. The summed E-state index contributed by atoms with van der Waals surface area (Å²) >= 11 is 0. The summed E-state index contributed by atoms with van der Waals surface area (Å²) in [5.74, 6) is -0.580. The summed E-state index contributed by atoms with van der Waals surface area (Å²) in [5.41, 5.74) is 3.89. The molecule has 0 saturated heterocycles. The van der Waals surface area contributed by atoms with E-state index < -0.39 is 11.5 Å². The van der Waals surface area contributed by atoms with E-state index in [1.165, 1.54) is 0 Å². The zero-order valence-electron chi connectivity index (χ0n) is 7.05. The lowest BCUT2D eigenvalue weighted by atomic mass is 9.89. The first kappa shape index (κ1) is 8.53. The molecule has 0 aliphatic heterocycles. The van der Waals surface area contributed by atoms with Crippen molar-refractivity contribution in [1.29, 1.82) is 0 Å². The molecule has 0 radical (unpaired) electrons. The Morgan fingerprint density at radius 1 is 1.45 bits per heavy atom. The van der Waals surface area contributed by atoms with Crippen LogP contribution in [0.1, 0.15) is 33.1 Å². The molecule has 1 unspecified atom stereocenters. The standard InChI is InChI=1S/C8H15NO2/c1-7(2)3-4-8(11,5-7)6(9)10/h11H,3-5H2,1-2H3,(H2,9,10). The summed E-state index contributed by atoms with van der Waals surface area (Å²) < 4.78 is 0. The Labute approximate surface area is 66.6 Å². The van der Waals surface area contributed by atoms with Crippen LogP contribution in [0, 0.1) is 5.41 Å².